The molecule has 6 nitrogen and oxygen atoms in total. The van der Waals surface area contributed by atoms with E-state index in [0.717, 1.165) is 11.1 Å². The van der Waals surface area contributed by atoms with E-state index < -0.39 is 5.95 Å². The largest absolute Gasteiger partial charge is 0.380 e. The first kappa shape index (κ1) is 16.3. The van der Waals surface area contributed by atoms with Crippen molar-refractivity contribution in [1.29, 1.82) is 0 Å². The van der Waals surface area contributed by atoms with Crippen molar-refractivity contribution in [2.45, 2.75) is 6.92 Å². The van der Waals surface area contributed by atoms with E-state index in [4.69, 9.17) is 4.74 Å². The summed E-state index contributed by atoms with van der Waals surface area (Å²) in [6, 6.07) is 8.71. The van der Waals surface area contributed by atoms with Crippen LogP contribution in [0, 0.1) is 12.9 Å². The van der Waals surface area contributed by atoms with Crippen LogP contribution in [-0.2, 0) is 4.74 Å². The van der Waals surface area contributed by atoms with Crippen molar-refractivity contribution in [3.63, 3.8) is 0 Å². The molecule has 1 aliphatic rings. The standard InChI is InChI=1S/C19H15FN4O2/c1-11-17(22-23-24(11)16-4-3-7-21-19(16)20)12-5-6-15-13(8-12)9-14(10-26-2)18(15)25/h3-9H,10H2,1-2H3. The molecule has 26 heavy (non-hydrogen) atoms. The minimum Gasteiger partial charge on any atom is -0.380 e. The smallest absolute Gasteiger partial charge is 0.238 e. The molecule has 0 saturated carbocycles. The summed E-state index contributed by atoms with van der Waals surface area (Å²) in [6.07, 6.45) is 3.21. The van der Waals surface area contributed by atoms with Crippen molar-refractivity contribution < 1.29 is 13.9 Å². The van der Waals surface area contributed by atoms with Gasteiger partial charge >= 0.3 is 0 Å². The molecule has 0 fully saturated rings. The first-order chi connectivity index (χ1) is 12.6. The van der Waals surface area contributed by atoms with Crippen LogP contribution in [0.5, 0.6) is 0 Å². The van der Waals surface area contributed by atoms with Gasteiger partial charge in [0.2, 0.25) is 5.95 Å². The van der Waals surface area contributed by atoms with E-state index in [1.165, 1.54) is 10.9 Å². The molecule has 0 aliphatic heterocycles. The number of ether oxygens (including phenoxy) is 1. The van der Waals surface area contributed by atoms with Crippen LogP contribution in [-0.4, -0.2) is 39.5 Å². The molecule has 0 N–H and O–H groups in total. The minimum absolute atomic E-state index is 0.0220. The Balaban J connectivity index is 1.76. The average Bonchev–Trinajstić information content (AvgIpc) is 3.16. The Morgan fingerprint density at radius 1 is 1.27 bits per heavy atom. The predicted octanol–water partition coefficient (Wildman–Crippen LogP) is 3.00. The lowest BCUT2D eigenvalue weighted by Gasteiger charge is -2.05. The summed E-state index contributed by atoms with van der Waals surface area (Å²) in [5.74, 6) is -0.634. The Bertz CT molecular complexity index is 1060. The first-order valence-corrected chi connectivity index (χ1v) is 8.02. The summed E-state index contributed by atoms with van der Waals surface area (Å²) < 4.78 is 20.4. The van der Waals surface area contributed by atoms with Crippen molar-refractivity contribution in [2.75, 3.05) is 13.7 Å². The van der Waals surface area contributed by atoms with Crippen molar-refractivity contribution in [2.24, 2.45) is 0 Å². The number of hydrogen-bond acceptors (Lipinski definition) is 5. The van der Waals surface area contributed by atoms with E-state index in [9.17, 15) is 9.18 Å². The van der Waals surface area contributed by atoms with Crippen LogP contribution in [0.1, 0.15) is 21.6 Å². The predicted molar refractivity (Wildman–Crippen MR) is 93.5 cm³/mol. The van der Waals surface area contributed by atoms with Gasteiger partial charge in [0, 0.05) is 30.0 Å². The third-order valence-corrected chi connectivity index (χ3v) is 4.35. The van der Waals surface area contributed by atoms with Gasteiger partial charge in [0.25, 0.3) is 0 Å². The topological polar surface area (TPSA) is 69.9 Å². The van der Waals surface area contributed by atoms with Gasteiger partial charge in [-0.05, 0) is 42.8 Å². The number of carbonyl (C=O) groups excluding carboxylic acids is 1. The second kappa shape index (κ2) is 6.27. The number of halogens is 1. The zero-order valence-electron chi connectivity index (χ0n) is 14.2. The Morgan fingerprint density at radius 3 is 2.88 bits per heavy atom. The van der Waals surface area contributed by atoms with Crippen molar-refractivity contribution in [3.8, 4) is 16.9 Å². The van der Waals surface area contributed by atoms with Gasteiger partial charge in [-0.25, -0.2) is 9.67 Å². The highest BCUT2D eigenvalue weighted by molar-refractivity contribution is 6.18. The molecule has 0 spiro atoms. The molecular weight excluding hydrogens is 335 g/mol. The lowest BCUT2D eigenvalue weighted by molar-refractivity contribution is 0.101. The van der Waals surface area contributed by atoms with E-state index in [0.29, 0.717) is 22.5 Å². The molecular formula is C19H15FN4O2. The number of fused-ring (bicyclic) bond motifs is 1. The summed E-state index contributed by atoms with van der Waals surface area (Å²) in [6.45, 7) is 2.09. The number of pyridine rings is 1. The molecule has 2 heterocycles. The molecule has 1 aromatic carbocycles. The lowest BCUT2D eigenvalue weighted by Crippen LogP contribution is -2.04. The molecule has 7 heteroatoms. The fourth-order valence-corrected chi connectivity index (χ4v) is 3.09. The fraction of sp³-hybridized carbons (Fsp3) is 0.158. The number of hydrogen-bond donors (Lipinski definition) is 0. The van der Waals surface area contributed by atoms with Gasteiger partial charge in [0.15, 0.2) is 5.78 Å². The molecule has 4 rings (SSSR count). The van der Waals surface area contributed by atoms with Gasteiger partial charge in [0.1, 0.15) is 11.4 Å². The van der Waals surface area contributed by atoms with E-state index in [1.807, 2.05) is 25.1 Å². The highest BCUT2D eigenvalue weighted by Gasteiger charge is 2.23. The number of ketones is 1. The Morgan fingerprint density at radius 2 is 2.12 bits per heavy atom. The summed E-state index contributed by atoms with van der Waals surface area (Å²) >= 11 is 0. The van der Waals surface area contributed by atoms with Crippen LogP contribution < -0.4 is 0 Å². The molecule has 130 valence electrons. The zero-order valence-corrected chi connectivity index (χ0v) is 14.2. The van der Waals surface area contributed by atoms with Crippen molar-refractivity contribution in [1.82, 2.24) is 20.0 Å². The van der Waals surface area contributed by atoms with Gasteiger partial charge in [-0.15, -0.1) is 5.10 Å². The Kier molecular flexibility index (Phi) is 3.93. The molecule has 2 aromatic heterocycles. The number of Topliss-reactive ketones (excluding diaryl/α,β-unsaturated/α-hetero) is 1. The molecule has 0 radical (unpaired) electrons. The molecule has 1 aliphatic carbocycles. The molecule has 0 bridgehead atoms. The maximum atomic E-state index is 13.9. The highest BCUT2D eigenvalue weighted by Crippen LogP contribution is 2.31. The van der Waals surface area contributed by atoms with Gasteiger partial charge < -0.3 is 4.74 Å². The van der Waals surface area contributed by atoms with Gasteiger partial charge in [-0.2, -0.15) is 4.39 Å². The summed E-state index contributed by atoms with van der Waals surface area (Å²) in [5, 5.41) is 8.25. The maximum Gasteiger partial charge on any atom is 0.238 e. The summed E-state index contributed by atoms with van der Waals surface area (Å²) in [4.78, 5) is 15.9. The van der Waals surface area contributed by atoms with Gasteiger partial charge in [-0.1, -0.05) is 11.3 Å². The zero-order chi connectivity index (χ0) is 18.3. The number of benzene rings is 1. The molecule has 0 unspecified atom stereocenters. The summed E-state index contributed by atoms with van der Waals surface area (Å²) in [5.41, 5.74) is 4.43. The number of aromatic nitrogens is 4. The maximum absolute atomic E-state index is 13.9. The van der Waals surface area contributed by atoms with Crippen molar-refractivity contribution in [3.05, 3.63) is 64.9 Å². The van der Waals surface area contributed by atoms with Gasteiger partial charge in [0.05, 0.1) is 12.3 Å². The van der Waals surface area contributed by atoms with Crippen LogP contribution in [0.4, 0.5) is 4.39 Å². The Labute approximate surface area is 148 Å². The number of nitrogens with zero attached hydrogens (tertiary/aromatic N) is 4. The van der Waals surface area contributed by atoms with Crippen LogP contribution in [0.3, 0.4) is 0 Å². The average molecular weight is 350 g/mol. The quantitative estimate of drug-likeness (QED) is 0.677. The van der Waals surface area contributed by atoms with Crippen molar-refractivity contribution >= 4 is 11.9 Å². The molecule has 0 amide bonds. The second-order valence-electron chi connectivity index (χ2n) is 5.98. The number of methoxy groups -OCH3 is 1. The monoisotopic (exact) mass is 350 g/mol. The Hall–Kier alpha value is -3.19. The highest BCUT2D eigenvalue weighted by atomic mass is 19.1. The second-order valence-corrected chi connectivity index (χ2v) is 5.98. The lowest BCUT2D eigenvalue weighted by atomic mass is 10.0. The third kappa shape index (κ3) is 2.53. The van der Waals surface area contributed by atoms with E-state index in [2.05, 4.69) is 15.3 Å². The summed E-state index contributed by atoms with van der Waals surface area (Å²) in [7, 11) is 1.56. The van der Waals surface area contributed by atoms with E-state index >= 15 is 0 Å². The van der Waals surface area contributed by atoms with Crippen LogP contribution in [0.15, 0.2) is 42.1 Å². The van der Waals surface area contributed by atoms with Gasteiger partial charge in [-0.3, -0.25) is 4.79 Å². The van der Waals surface area contributed by atoms with Crippen LogP contribution >= 0.6 is 0 Å². The molecule has 0 saturated heterocycles. The normalized spacial score (nSPS) is 13.0. The SMILES string of the molecule is COCC1=Cc2cc(-c3nnn(-c4cccnc4F)c3C)ccc2C1=O. The fourth-order valence-electron chi connectivity index (χ4n) is 3.09. The first-order valence-electron chi connectivity index (χ1n) is 8.02. The number of carbonyl (C=O) groups is 1. The third-order valence-electron chi connectivity index (χ3n) is 4.35. The molecule has 3 aromatic rings. The van der Waals surface area contributed by atoms with E-state index in [-0.39, 0.29) is 18.1 Å². The van der Waals surface area contributed by atoms with Crippen LogP contribution in [0.2, 0.25) is 0 Å². The van der Waals surface area contributed by atoms with Crippen LogP contribution in [0.25, 0.3) is 23.0 Å². The van der Waals surface area contributed by atoms with E-state index in [1.54, 1.807) is 25.3 Å². The number of rotatable bonds is 4. The minimum atomic E-state index is -0.612. The molecule has 0 atom stereocenters.